The number of carbonyl (C=O) groups excluding carboxylic acids is 1. The first-order chi connectivity index (χ1) is 12.5. The molecule has 1 N–H and O–H groups in total. The van der Waals surface area contributed by atoms with E-state index < -0.39 is 0 Å². The summed E-state index contributed by atoms with van der Waals surface area (Å²) in [6, 6.07) is 15.0. The summed E-state index contributed by atoms with van der Waals surface area (Å²) >= 11 is 12.0. The van der Waals surface area contributed by atoms with E-state index in [-0.39, 0.29) is 5.91 Å². The molecule has 4 nitrogen and oxygen atoms in total. The monoisotopic (exact) mass is 387 g/mol. The molecule has 3 rings (SSSR count). The Labute approximate surface area is 162 Å². The van der Waals surface area contributed by atoms with E-state index in [2.05, 4.69) is 22.5 Å². The van der Waals surface area contributed by atoms with Crippen LogP contribution in [0.15, 0.2) is 48.5 Å². The highest BCUT2D eigenvalue weighted by molar-refractivity contribution is 6.36. The van der Waals surface area contributed by atoms with E-state index in [9.17, 15) is 4.79 Å². The van der Waals surface area contributed by atoms with E-state index in [4.69, 9.17) is 23.2 Å². The van der Waals surface area contributed by atoms with Gasteiger partial charge in [-0.1, -0.05) is 53.5 Å². The van der Waals surface area contributed by atoms with Crippen molar-refractivity contribution >= 4 is 29.1 Å². The number of hydrogen-bond donors (Lipinski definition) is 1. The van der Waals surface area contributed by atoms with Crippen LogP contribution < -0.4 is 5.32 Å². The second kappa shape index (κ2) is 7.94. The smallest absolute Gasteiger partial charge is 0.253 e. The van der Waals surface area contributed by atoms with Gasteiger partial charge < -0.3 is 5.32 Å². The van der Waals surface area contributed by atoms with Crippen LogP contribution >= 0.6 is 23.2 Å². The molecule has 6 heteroatoms. The Bertz CT molecular complexity index is 936. The van der Waals surface area contributed by atoms with Crippen LogP contribution in [0, 0.1) is 13.8 Å². The van der Waals surface area contributed by atoms with E-state index in [1.165, 1.54) is 5.56 Å². The fraction of sp³-hybridized carbons (Fsp3) is 0.200. The zero-order valence-electron chi connectivity index (χ0n) is 14.6. The summed E-state index contributed by atoms with van der Waals surface area (Å²) in [6.45, 7) is 5.06. The number of carbonyl (C=O) groups is 1. The molecule has 0 aliphatic heterocycles. The highest BCUT2D eigenvalue weighted by Crippen LogP contribution is 2.21. The summed E-state index contributed by atoms with van der Waals surface area (Å²) < 4.78 is 1.96. The minimum atomic E-state index is -0.235. The highest BCUT2D eigenvalue weighted by Gasteiger charge is 2.15. The summed E-state index contributed by atoms with van der Waals surface area (Å²) in [5.41, 5.74) is 4.54. The van der Waals surface area contributed by atoms with E-state index in [1.54, 1.807) is 18.2 Å². The van der Waals surface area contributed by atoms with Crippen LogP contribution in [0.1, 0.15) is 32.9 Å². The highest BCUT2D eigenvalue weighted by atomic mass is 35.5. The maximum atomic E-state index is 12.4. The summed E-state index contributed by atoms with van der Waals surface area (Å²) in [5.74, 6) is -0.235. The Kier molecular flexibility index (Phi) is 5.64. The maximum Gasteiger partial charge on any atom is 0.253 e. The molecule has 1 heterocycles. The molecule has 1 aromatic heterocycles. The molecule has 3 aromatic rings. The lowest BCUT2D eigenvalue weighted by molar-refractivity contribution is 0.0951. The van der Waals surface area contributed by atoms with Gasteiger partial charge in [-0.2, -0.15) is 5.10 Å². The van der Waals surface area contributed by atoms with Gasteiger partial charge >= 0.3 is 0 Å². The molecule has 0 aliphatic carbocycles. The van der Waals surface area contributed by atoms with Gasteiger partial charge in [0, 0.05) is 22.8 Å². The predicted molar refractivity (Wildman–Crippen MR) is 105 cm³/mol. The summed E-state index contributed by atoms with van der Waals surface area (Å²) in [7, 11) is 0. The Balaban J connectivity index is 1.73. The first-order valence-corrected chi connectivity index (χ1v) is 9.01. The van der Waals surface area contributed by atoms with Gasteiger partial charge in [-0.25, -0.2) is 0 Å². The van der Waals surface area contributed by atoms with Crippen molar-refractivity contribution in [3.8, 4) is 0 Å². The minimum Gasteiger partial charge on any atom is -0.348 e. The van der Waals surface area contributed by atoms with Gasteiger partial charge in [-0.3, -0.25) is 9.48 Å². The number of hydrogen-bond acceptors (Lipinski definition) is 2. The van der Waals surface area contributed by atoms with Gasteiger partial charge in [0.05, 0.1) is 22.8 Å². The molecule has 0 atom stereocenters. The Hall–Kier alpha value is -2.30. The van der Waals surface area contributed by atoms with Crippen LogP contribution in [0.3, 0.4) is 0 Å². The van der Waals surface area contributed by atoms with Crippen LogP contribution in [-0.2, 0) is 13.1 Å². The molecule has 0 spiro atoms. The number of nitrogens with one attached hydrogen (secondary N) is 1. The Morgan fingerprint density at radius 2 is 1.85 bits per heavy atom. The summed E-state index contributed by atoms with van der Waals surface area (Å²) in [4.78, 5) is 12.4. The summed E-state index contributed by atoms with van der Waals surface area (Å²) in [6.07, 6.45) is 0. The molecule has 0 radical (unpaired) electrons. The van der Waals surface area contributed by atoms with E-state index in [1.807, 2.05) is 36.7 Å². The van der Waals surface area contributed by atoms with Gasteiger partial charge in [0.15, 0.2) is 0 Å². The molecular formula is C20H19Cl2N3O. The normalized spacial score (nSPS) is 10.8. The summed E-state index contributed by atoms with van der Waals surface area (Å²) in [5, 5.41) is 8.36. The molecule has 0 bridgehead atoms. The number of benzene rings is 2. The maximum absolute atomic E-state index is 12.4. The Morgan fingerprint density at radius 3 is 2.54 bits per heavy atom. The average molecular weight is 388 g/mol. The van der Waals surface area contributed by atoms with Crippen LogP contribution in [0.4, 0.5) is 0 Å². The third-order valence-corrected chi connectivity index (χ3v) is 4.86. The molecule has 0 unspecified atom stereocenters. The molecule has 0 aliphatic rings. The number of nitrogens with zero attached hydrogens (tertiary/aromatic N) is 2. The lowest BCUT2D eigenvalue weighted by Crippen LogP contribution is -2.23. The largest absolute Gasteiger partial charge is 0.348 e. The SMILES string of the molecule is Cc1nn(Cc2ccccc2)c(C)c1CNC(=O)c1ccc(Cl)cc1Cl. The lowest BCUT2D eigenvalue weighted by Gasteiger charge is -2.08. The topological polar surface area (TPSA) is 46.9 Å². The fourth-order valence-corrected chi connectivity index (χ4v) is 3.33. The quantitative estimate of drug-likeness (QED) is 0.684. The van der Waals surface area contributed by atoms with Gasteiger partial charge in [0.25, 0.3) is 5.91 Å². The zero-order valence-corrected chi connectivity index (χ0v) is 16.1. The van der Waals surface area contributed by atoms with Gasteiger partial charge in [0.2, 0.25) is 0 Å². The third-order valence-electron chi connectivity index (χ3n) is 4.31. The van der Waals surface area contributed by atoms with E-state index in [0.29, 0.717) is 28.7 Å². The zero-order chi connectivity index (χ0) is 18.7. The van der Waals surface area contributed by atoms with Crippen LogP contribution in [0.5, 0.6) is 0 Å². The molecule has 26 heavy (non-hydrogen) atoms. The van der Waals surface area contributed by atoms with Gasteiger partial charge in [-0.05, 0) is 37.6 Å². The second-order valence-corrected chi connectivity index (χ2v) is 6.94. The predicted octanol–water partition coefficient (Wildman–Crippen LogP) is 4.79. The third kappa shape index (κ3) is 4.09. The van der Waals surface area contributed by atoms with Crippen molar-refractivity contribution in [3.05, 3.63) is 86.7 Å². The van der Waals surface area contributed by atoms with Gasteiger partial charge in [-0.15, -0.1) is 0 Å². The molecule has 0 saturated heterocycles. The molecule has 134 valence electrons. The van der Waals surface area contributed by atoms with Crippen molar-refractivity contribution in [2.24, 2.45) is 0 Å². The minimum absolute atomic E-state index is 0.235. The van der Waals surface area contributed by atoms with Crippen molar-refractivity contribution in [2.45, 2.75) is 26.9 Å². The molecule has 0 fully saturated rings. The van der Waals surface area contributed by atoms with Crippen molar-refractivity contribution in [1.29, 1.82) is 0 Å². The van der Waals surface area contributed by atoms with Crippen molar-refractivity contribution in [1.82, 2.24) is 15.1 Å². The van der Waals surface area contributed by atoms with Crippen molar-refractivity contribution < 1.29 is 4.79 Å². The standard InChI is InChI=1S/C20H19Cl2N3O/c1-13-18(11-23-20(26)17-9-8-16(21)10-19(17)22)14(2)25(24-13)12-15-6-4-3-5-7-15/h3-10H,11-12H2,1-2H3,(H,23,26). The Morgan fingerprint density at radius 1 is 1.12 bits per heavy atom. The number of aryl methyl sites for hydroxylation is 1. The van der Waals surface area contributed by atoms with Crippen molar-refractivity contribution in [3.63, 3.8) is 0 Å². The molecule has 0 saturated carbocycles. The van der Waals surface area contributed by atoms with Crippen molar-refractivity contribution in [2.75, 3.05) is 0 Å². The van der Waals surface area contributed by atoms with Gasteiger partial charge in [0.1, 0.15) is 0 Å². The van der Waals surface area contributed by atoms with Crippen LogP contribution in [0.25, 0.3) is 0 Å². The molecule has 2 aromatic carbocycles. The first-order valence-electron chi connectivity index (χ1n) is 8.25. The fourth-order valence-electron chi connectivity index (χ4n) is 2.84. The number of halogens is 2. The molecule has 1 amide bonds. The lowest BCUT2D eigenvalue weighted by atomic mass is 10.1. The number of rotatable bonds is 5. The average Bonchev–Trinajstić information content (AvgIpc) is 2.87. The first kappa shape index (κ1) is 18.5. The second-order valence-electron chi connectivity index (χ2n) is 6.10. The number of aromatic nitrogens is 2. The van der Waals surface area contributed by atoms with Crippen LogP contribution in [0.2, 0.25) is 10.0 Å². The van der Waals surface area contributed by atoms with E-state index in [0.717, 1.165) is 17.0 Å². The number of amides is 1. The van der Waals surface area contributed by atoms with E-state index >= 15 is 0 Å². The molecular weight excluding hydrogens is 369 g/mol. The van der Waals surface area contributed by atoms with Crippen LogP contribution in [-0.4, -0.2) is 15.7 Å².